The van der Waals surface area contributed by atoms with Crippen molar-refractivity contribution in [3.05, 3.63) is 35.3 Å². The number of furan rings is 1. The molecule has 2 aromatic rings. The van der Waals surface area contributed by atoms with E-state index in [4.69, 9.17) is 4.42 Å². The number of hydrogen-bond donors (Lipinski definition) is 1. The normalized spacial score (nSPS) is 12.0. The van der Waals surface area contributed by atoms with Gasteiger partial charge >= 0.3 is 0 Å². The van der Waals surface area contributed by atoms with Gasteiger partial charge in [0.15, 0.2) is 5.82 Å². The minimum Gasteiger partial charge on any atom is -0.467 e. The van der Waals surface area contributed by atoms with Gasteiger partial charge in [-0.25, -0.2) is 9.67 Å². The summed E-state index contributed by atoms with van der Waals surface area (Å²) in [6.45, 7) is 12.1. The third-order valence-electron chi connectivity index (χ3n) is 3.26. The Morgan fingerprint density at radius 2 is 2.00 bits per heavy atom. The Kier molecular flexibility index (Phi) is 4.83. The minimum absolute atomic E-state index is 0.106. The lowest BCUT2D eigenvalue weighted by Crippen LogP contribution is -2.34. The zero-order valence-electron chi connectivity index (χ0n) is 13.7. The molecular formula is C16H26N4O. The van der Waals surface area contributed by atoms with Crippen LogP contribution in [0.15, 0.2) is 16.7 Å². The molecule has 116 valence electrons. The predicted molar refractivity (Wildman–Crippen MR) is 83.2 cm³/mol. The molecular weight excluding hydrogens is 264 g/mol. The number of rotatable bonds is 6. The molecule has 1 N–H and O–H groups in total. The maximum absolute atomic E-state index is 5.65. The van der Waals surface area contributed by atoms with Gasteiger partial charge in [0.25, 0.3) is 0 Å². The highest BCUT2D eigenvalue weighted by atomic mass is 16.3. The van der Waals surface area contributed by atoms with Crippen LogP contribution in [0.3, 0.4) is 0 Å². The average Bonchev–Trinajstić information content (AvgIpc) is 3.02. The number of aromatic nitrogens is 3. The van der Waals surface area contributed by atoms with Gasteiger partial charge in [-0.1, -0.05) is 13.8 Å². The van der Waals surface area contributed by atoms with Gasteiger partial charge < -0.3 is 9.73 Å². The second kappa shape index (κ2) is 6.43. The Balaban J connectivity index is 2.03. The molecule has 0 atom stereocenters. The van der Waals surface area contributed by atoms with Crippen molar-refractivity contribution >= 4 is 0 Å². The largest absolute Gasteiger partial charge is 0.467 e. The van der Waals surface area contributed by atoms with Crippen LogP contribution >= 0.6 is 0 Å². The molecule has 0 aliphatic carbocycles. The van der Waals surface area contributed by atoms with Gasteiger partial charge in [0, 0.05) is 30.5 Å². The van der Waals surface area contributed by atoms with Crippen LogP contribution in [0.2, 0.25) is 0 Å². The quantitative estimate of drug-likeness (QED) is 0.888. The molecule has 5 heteroatoms. The molecule has 0 aromatic carbocycles. The second-order valence-electron chi connectivity index (χ2n) is 6.33. The molecule has 0 aliphatic rings. The van der Waals surface area contributed by atoms with Crippen molar-refractivity contribution in [2.45, 2.75) is 66.1 Å². The predicted octanol–water partition coefficient (Wildman–Crippen LogP) is 2.93. The van der Waals surface area contributed by atoms with Gasteiger partial charge in [-0.3, -0.25) is 0 Å². The first kappa shape index (κ1) is 15.8. The molecule has 0 bridgehead atoms. The number of aryl methyl sites for hydroxylation is 2. The number of nitrogens with zero attached hydrogens (tertiary/aromatic N) is 3. The van der Waals surface area contributed by atoms with Crippen molar-refractivity contribution in [1.82, 2.24) is 20.1 Å². The van der Waals surface area contributed by atoms with Crippen LogP contribution in [0.25, 0.3) is 0 Å². The Morgan fingerprint density at radius 3 is 2.62 bits per heavy atom. The van der Waals surface area contributed by atoms with Crippen molar-refractivity contribution in [3.63, 3.8) is 0 Å². The zero-order chi connectivity index (χ0) is 15.5. The lowest BCUT2D eigenvalue weighted by atomic mass is 10.1. The summed E-state index contributed by atoms with van der Waals surface area (Å²) < 4.78 is 7.59. The SMILES string of the molecule is CCc1nc(CC)n(Cc2cc(CNC(C)(C)C)co2)n1. The fraction of sp³-hybridized carbons (Fsp3) is 0.625. The van der Waals surface area contributed by atoms with Gasteiger partial charge in [-0.05, 0) is 26.8 Å². The summed E-state index contributed by atoms with van der Waals surface area (Å²) in [6.07, 6.45) is 3.56. The standard InChI is InChI=1S/C16H26N4O/c1-6-14-18-15(7-2)20(19-14)10-13-8-12(11-21-13)9-17-16(3,4)5/h8,11,17H,6-7,9-10H2,1-5H3. The van der Waals surface area contributed by atoms with Crippen molar-refractivity contribution in [2.24, 2.45) is 0 Å². The molecule has 0 spiro atoms. The van der Waals surface area contributed by atoms with Gasteiger partial charge in [0.2, 0.25) is 0 Å². The lowest BCUT2D eigenvalue weighted by Gasteiger charge is -2.19. The molecule has 0 radical (unpaired) electrons. The van der Waals surface area contributed by atoms with E-state index in [1.54, 1.807) is 0 Å². The zero-order valence-corrected chi connectivity index (χ0v) is 13.7. The topological polar surface area (TPSA) is 55.9 Å². The van der Waals surface area contributed by atoms with E-state index in [1.165, 1.54) is 0 Å². The molecule has 0 saturated carbocycles. The van der Waals surface area contributed by atoms with Crippen LogP contribution in [0.5, 0.6) is 0 Å². The van der Waals surface area contributed by atoms with Crippen LogP contribution < -0.4 is 5.32 Å². The Morgan fingerprint density at radius 1 is 1.24 bits per heavy atom. The molecule has 0 fully saturated rings. The fourth-order valence-corrected chi connectivity index (χ4v) is 2.08. The Bertz CT molecular complexity index is 577. The van der Waals surface area contributed by atoms with E-state index in [0.29, 0.717) is 6.54 Å². The summed E-state index contributed by atoms with van der Waals surface area (Å²) in [7, 11) is 0. The van der Waals surface area contributed by atoms with Crippen molar-refractivity contribution in [2.75, 3.05) is 0 Å². The second-order valence-corrected chi connectivity index (χ2v) is 6.33. The average molecular weight is 290 g/mol. The van der Waals surface area contributed by atoms with E-state index in [9.17, 15) is 0 Å². The maximum atomic E-state index is 5.65. The van der Waals surface area contributed by atoms with Crippen LogP contribution in [-0.4, -0.2) is 20.3 Å². The first-order valence-electron chi connectivity index (χ1n) is 7.65. The summed E-state index contributed by atoms with van der Waals surface area (Å²) in [4.78, 5) is 4.52. The van der Waals surface area contributed by atoms with E-state index in [-0.39, 0.29) is 5.54 Å². The smallest absolute Gasteiger partial charge is 0.150 e. The molecule has 2 heterocycles. The fourth-order valence-electron chi connectivity index (χ4n) is 2.08. The van der Waals surface area contributed by atoms with Crippen LogP contribution in [0.1, 0.15) is 57.6 Å². The van der Waals surface area contributed by atoms with E-state index < -0.39 is 0 Å². The lowest BCUT2D eigenvalue weighted by molar-refractivity contribution is 0.422. The molecule has 0 amide bonds. The summed E-state index contributed by atoms with van der Waals surface area (Å²) in [5.41, 5.74) is 1.27. The van der Waals surface area contributed by atoms with Crippen LogP contribution in [0.4, 0.5) is 0 Å². The van der Waals surface area contributed by atoms with Gasteiger partial charge in [0.05, 0.1) is 6.26 Å². The maximum Gasteiger partial charge on any atom is 0.150 e. The molecule has 2 rings (SSSR count). The Hall–Kier alpha value is -1.62. The van der Waals surface area contributed by atoms with Crippen LogP contribution in [-0.2, 0) is 25.9 Å². The summed E-state index contributed by atoms with van der Waals surface area (Å²) in [5.74, 6) is 2.83. The highest BCUT2D eigenvalue weighted by Gasteiger charge is 2.12. The van der Waals surface area contributed by atoms with E-state index in [2.05, 4.69) is 56.1 Å². The van der Waals surface area contributed by atoms with E-state index in [1.807, 2.05) is 10.9 Å². The minimum atomic E-state index is 0.106. The molecule has 21 heavy (non-hydrogen) atoms. The highest BCUT2D eigenvalue weighted by molar-refractivity contribution is 5.13. The van der Waals surface area contributed by atoms with Gasteiger partial charge in [0.1, 0.15) is 18.1 Å². The third-order valence-corrected chi connectivity index (χ3v) is 3.26. The highest BCUT2D eigenvalue weighted by Crippen LogP contribution is 2.12. The third kappa shape index (κ3) is 4.43. The summed E-state index contributed by atoms with van der Waals surface area (Å²) in [6, 6.07) is 2.09. The number of hydrogen-bond acceptors (Lipinski definition) is 4. The van der Waals surface area contributed by atoms with Crippen molar-refractivity contribution in [1.29, 1.82) is 0 Å². The summed E-state index contributed by atoms with van der Waals surface area (Å²) in [5, 5.41) is 7.98. The van der Waals surface area contributed by atoms with Crippen LogP contribution in [0, 0.1) is 0 Å². The molecule has 0 saturated heterocycles. The first-order chi connectivity index (χ1) is 9.91. The molecule has 2 aromatic heterocycles. The monoisotopic (exact) mass is 290 g/mol. The van der Waals surface area contributed by atoms with Gasteiger partial charge in [-0.2, -0.15) is 5.10 Å². The molecule has 0 unspecified atom stereocenters. The van der Waals surface area contributed by atoms with Crippen molar-refractivity contribution in [3.8, 4) is 0 Å². The molecule has 5 nitrogen and oxygen atoms in total. The van der Waals surface area contributed by atoms with E-state index in [0.717, 1.165) is 42.4 Å². The summed E-state index contributed by atoms with van der Waals surface area (Å²) >= 11 is 0. The first-order valence-corrected chi connectivity index (χ1v) is 7.65. The number of nitrogens with one attached hydrogen (secondary N) is 1. The Labute approximate surface area is 126 Å². The molecule has 0 aliphatic heterocycles. The van der Waals surface area contributed by atoms with E-state index >= 15 is 0 Å². The van der Waals surface area contributed by atoms with Crippen molar-refractivity contribution < 1.29 is 4.42 Å². The van der Waals surface area contributed by atoms with Gasteiger partial charge in [-0.15, -0.1) is 0 Å².